The molecule has 0 atom stereocenters. The monoisotopic (exact) mass is 372 g/mol. The van der Waals surface area contributed by atoms with Gasteiger partial charge in [0, 0.05) is 5.56 Å². The number of halogens is 2. The first kappa shape index (κ1) is 20.1. The van der Waals surface area contributed by atoms with E-state index in [0.717, 1.165) is 29.6 Å². The summed E-state index contributed by atoms with van der Waals surface area (Å²) in [6.45, 7) is 10.9. The predicted molar refractivity (Wildman–Crippen MR) is 103 cm³/mol. The number of rotatable bonds is 7. The first-order valence-electron chi connectivity index (χ1n) is 8.53. The minimum absolute atomic E-state index is 0.338. The van der Waals surface area contributed by atoms with Gasteiger partial charge in [0.1, 0.15) is 6.54 Å². The zero-order valence-corrected chi connectivity index (χ0v) is 17.0. The van der Waals surface area contributed by atoms with Crippen LogP contribution in [0, 0.1) is 0 Å². The van der Waals surface area contributed by atoms with E-state index in [1.807, 2.05) is 6.07 Å². The van der Waals surface area contributed by atoms with Crippen LogP contribution < -0.4 is 5.46 Å². The molecule has 1 aliphatic heterocycles. The Kier molecular flexibility index (Phi) is 6.31. The Labute approximate surface area is 157 Å². The molecule has 24 heavy (non-hydrogen) atoms. The van der Waals surface area contributed by atoms with Gasteiger partial charge in [-0.15, -0.1) is 23.2 Å². The third-order valence-electron chi connectivity index (χ3n) is 5.36. The van der Waals surface area contributed by atoms with Crippen molar-refractivity contribution in [1.29, 1.82) is 0 Å². The Morgan fingerprint density at radius 3 is 1.96 bits per heavy atom. The highest BCUT2D eigenvalue weighted by Gasteiger charge is 2.52. The molecule has 0 unspecified atom stereocenters. The summed E-state index contributed by atoms with van der Waals surface area (Å²) in [6.07, 6.45) is 0. The fourth-order valence-electron chi connectivity index (χ4n) is 2.97. The van der Waals surface area contributed by atoms with Crippen molar-refractivity contribution in [2.45, 2.75) is 45.4 Å². The van der Waals surface area contributed by atoms with Crippen molar-refractivity contribution in [3.8, 4) is 0 Å². The molecule has 0 saturated carbocycles. The van der Waals surface area contributed by atoms with Crippen LogP contribution in [0.4, 0.5) is 0 Å². The van der Waals surface area contributed by atoms with Gasteiger partial charge in [-0.25, -0.2) is 0 Å². The molecular weight excluding hydrogens is 344 g/mol. The molecule has 1 heterocycles. The Hall–Kier alpha value is -0.255. The molecule has 1 aromatic carbocycles. The molecule has 0 amide bonds. The molecule has 0 aromatic heterocycles. The van der Waals surface area contributed by atoms with E-state index in [1.54, 1.807) is 0 Å². The lowest BCUT2D eigenvalue weighted by atomic mass is 9.75. The van der Waals surface area contributed by atoms with E-state index < -0.39 is 0 Å². The second-order valence-electron chi connectivity index (χ2n) is 7.89. The van der Waals surface area contributed by atoms with Gasteiger partial charge in [-0.05, 0) is 33.2 Å². The van der Waals surface area contributed by atoms with Crippen LogP contribution in [0.15, 0.2) is 24.3 Å². The van der Waals surface area contributed by atoms with Gasteiger partial charge in [-0.2, -0.15) is 0 Å². The van der Waals surface area contributed by atoms with Crippen molar-refractivity contribution in [3.63, 3.8) is 0 Å². The van der Waals surface area contributed by atoms with Crippen molar-refractivity contribution < 1.29 is 13.8 Å². The SMILES string of the molecule is CC1(C)OB(c2ccccc2C[N+](C)(CCCl)CCCl)OC1(C)C. The molecule has 1 aliphatic rings. The molecule has 0 spiro atoms. The molecule has 2 rings (SSSR count). The average Bonchev–Trinajstić information content (AvgIpc) is 2.68. The van der Waals surface area contributed by atoms with Crippen molar-refractivity contribution >= 4 is 35.8 Å². The normalized spacial score (nSPS) is 19.7. The van der Waals surface area contributed by atoms with Gasteiger partial charge in [-0.3, -0.25) is 0 Å². The van der Waals surface area contributed by atoms with E-state index in [9.17, 15) is 0 Å². The van der Waals surface area contributed by atoms with E-state index in [-0.39, 0.29) is 18.3 Å². The smallest absolute Gasteiger partial charge is 0.399 e. The number of benzene rings is 1. The highest BCUT2D eigenvalue weighted by Crippen LogP contribution is 2.36. The first-order valence-corrected chi connectivity index (χ1v) is 9.60. The highest BCUT2D eigenvalue weighted by molar-refractivity contribution is 6.62. The van der Waals surface area contributed by atoms with Crippen LogP contribution in [0.5, 0.6) is 0 Å². The average molecular weight is 373 g/mol. The third kappa shape index (κ3) is 4.28. The number of hydrogen-bond acceptors (Lipinski definition) is 2. The van der Waals surface area contributed by atoms with Gasteiger partial charge >= 0.3 is 7.12 Å². The molecule has 0 bridgehead atoms. The topological polar surface area (TPSA) is 18.5 Å². The van der Waals surface area contributed by atoms with Crippen LogP contribution >= 0.6 is 23.2 Å². The quantitative estimate of drug-likeness (QED) is 0.414. The summed E-state index contributed by atoms with van der Waals surface area (Å²) in [6, 6.07) is 8.36. The van der Waals surface area contributed by atoms with E-state index in [4.69, 9.17) is 32.5 Å². The molecule has 1 saturated heterocycles. The van der Waals surface area contributed by atoms with Crippen LogP contribution in [-0.4, -0.2) is 54.7 Å². The maximum atomic E-state index is 6.24. The zero-order valence-electron chi connectivity index (χ0n) is 15.4. The van der Waals surface area contributed by atoms with Gasteiger partial charge in [0.2, 0.25) is 0 Å². The Morgan fingerprint density at radius 1 is 0.958 bits per heavy atom. The second-order valence-corrected chi connectivity index (χ2v) is 8.65. The molecule has 1 fully saturated rings. The molecule has 6 heteroatoms. The summed E-state index contributed by atoms with van der Waals surface area (Å²) < 4.78 is 13.3. The standard InChI is InChI=1S/C18H29BCl2NO2/c1-17(2)18(3,4)24-19(23-17)16-9-7-6-8-15(16)14-22(5,12-10-20)13-11-21/h6-9H,10-14H2,1-5H3/q+1. The van der Waals surface area contributed by atoms with Gasteiger partial charge in [0.05, 0.1) is 43.1 Å². The Morgan fingerprint density at radius 2 is 1.46 bits per heavy atom. The van der Waals surface area contributed by atoms with E-state index in [2.05, 4.69) is 52.9 Å². The third-order valence-corrected chi connectivity index (χ3v) is 5.70. The molecular formula is C18H29BCl2NO2+. The predicted octanol–water partition coefficient (Wildman–Crippen LogP) is 3.41. The summed E-state index contributed by atoms with van der Waals surface area (Å²) in [5.74, 6) is 1.23. The van der Waals surface area contributed by atoms with Gasteiger partial charge in [-0.1, -0.05) is 24.3 Å². The Balaban J connectivity index is 2.28. The lowest BCUT2D eigenvalue weighted by Gasteiger charge is -2.34. The molecule has 0 N–H and O–H groups in total. The number of hydrogen-bond donors (Lipinski definition) is 0. The van der Waals surface area contributed by atoms with E-state index in [1.165, 1.54) is 5.56 Å². The van der Waals surface area contributed by atoms with Crippen molar-refractivity contribution in [2.24, 2.45) is 0 Å². The minimum Gasteiger partial charge on any atom is -0.399 e. The number of nitrogens with zero attached hydrogens (tertiary/aromatic N) is 1. The van der Waals surface area contributed by atoms with Crippen LogP contribution in [0.1, 0.15) is 33.3 Å². The lowest BCUT2D eigenvalue weighted by Crippen LogP contribution is -2.48. The summed E-state index contributed by atoms with van der Waals surface area (Å²) in [4.78, 5) is 0. The second kappa shape index (κ2) is 7.55. The minimum atomic E-state index is -0.341. The number of alkyl halides is 2. The van der Waals surface area contributed by atoms with E-state index >= 15 is 0 Å². The Bertz CT molecular complexity index is 544. The van der Waals surface area contributed by atoms with Crippen LogP contribution in [0.2, 0.25) is 0 Å². The van der Waals surface area contributed by atoms with Gasteiger partial charge in [0.25, 0.3) is 0 Å². The molecule has 0 radical (unpaired) electrons. The largest absolute Gasteiger partial charge is 0.495 e. The summed E-state index contributed by atoms with van der Waals surface area (Å²) >= 11 is 12.0. The molecule has 0 aliphatic carbocycles. The van der Waals surface area contributed by atoms with Crippen LogP contribution in [0.25, 0.3) is 0 Å². The summed E-state index contributed by atoms with van der Waals surface area (Å²) in [5, 5.41) is 0. The first-order chi connectivity index (χ1) is 11.1. The fourth-order valence-corrected chi connectivity index (χ4v) is 3.78. The van der Waals surface area contributed by atoms with Gasteiger partial charge < -0.3 is 13.8 Å². The van der Waals surface area contributed by atoms with Crippen molar-refractivity contribution in [3.05, 3.63) is 29.8 Å². The summed E-state index contributed by atoms with van der Waals surface area (Å²) in [5.41, 5.74) is 1.66. The van der Waals surface area contributed by atoms with Crippen molar-refractivity contribution in [2.75, 3.05) is 31.9 Å². The molecule has 3 nitrogen and oxygen atoms in total. The molecule has 134 valence electrons. The zero-order chi connectivity index (χ0) is 18.0. The molecule has 1 aromatic rings. The van der Waals surface area contributed by atoms with E-state index in [0.29, 0.717) is 11.8 Å². The van der Waals surface area contributed by atoms with Crippen molar-refractivity contribution in [1.82, 2.24) is 0 Å². The highest BCUT2D eigenvalue weighted by atomic mass is 35.5. The maximum Gasteiger partial charge on any atom is 0.495 e. The van der Waals surface area contributed by atoms with Crippen LogP contribution in [0.3, 0.4) is 0 Å². The van der Waals surface area contributed by atoms with Gasteiger partial charge in [0.15, 0.2) is 0 Å². The van der Waals surface area contributed by atoms with Crippen LogP contribution in [-0.2, 0) is 15.9 Å². The number of quaternary nitrogens is 1. The lowest BCUT2D eigenvalue weighted by molar-refractivity contribution is -0.918. The maximum absolute atomic E-state index is 6.24. The summed E-state index contributed by atoms with van der Waals surface area (Å²) in [7, 11) is 1.86. The fraction of sp³-hybridized carbons (Fsp3) is 0.667.